The molecule has 5 heteroatoms. The van der Waals surface area contributed by atoms with Gasteiger partial charge >= 0.3 is 0 Å². The number of nitrogens with zero attached hydrogens (tertiary/aromatic N) is 2. The van der Waals surface area contributed by atoms with Gasteiger partial charge in [-0.15, -0.1) is 0 Å². The lowest BCUT2D eigenvalue weighted by molar-refractivity contribution is -0.130. The molecule has 1 N–H and O–H groups in total. The van der Waals surface area contributed by atoms with Crippen LogP contribution in [0.1, 0.15) is 44.6 Å². The lowest BCUT2D eigenvalue weighted by Crippen LogP contribution is -2.43. The van der Waals surface area contributed by atoms with Crippen LogP contribution in [0.2, 0.25) is 0 Å². The van der Waals surface area contributed by atoms with E-state index in [1.807, 2.05) is 0 Å². The first kappa shape index (κ1) is 17.5. The number of piperidine rings is 2. The minimum atomic E-state index is 0.241. The lowest BCUT2D eigenvalue weighted by atomic mass is 9.90. The zero-order chi connectivity index (χ0) is 17.3. The van der Waals surface area contributed by atoms with Gasteiger partial charge in [0, 0.05) is 26.1 Å². The first-order valence-electron chi connectivity index (χ1n) is 9.88. The second-order valence-electron chi connectivity index (χ2n) is 8.35. The molecule has 0 radical (unpaired) electrons. The van der Waals surface area contributed by atoms with Gasteiger partial charge in [-0.05, 0) is 92.0 Å². The normalized spacial score (nSPS) is 26.7. The van der Waals surface area contributed by atoms with Gasteiger partial charge in [-0.25, -0.2) is 0 Å². The summed E-state index contributed by atoms with van der Waals surface area (Å²) in [6.07, 6.45) is 6.44. The molecule has 1 aromatic heterocycles. The van der Waals surface area contributed by atoms with Crippen LogP contribution >= 0.6 is 11.3 Å². The molecule has 2 aliphatic heterocycles. The van der Waals surface area contributed by atoms with Crippen LogP contribution in [-0.2, 0) is 11.3 Å². The van der Waals surface area contributed by atoms with Crippen molar-refractivity contribution in [2.45, 2.75) is 51.6 Å². The average Bonchev–Trinajstić information content (AvgIpc) is 3.04. The van der Waals surface area contributed by atoms with Gasteiger partial charge in [-0.3, -0.25) is 4.79 Å². The summed E-state index contributed by atoms with van der Waals surface area (Å²) in [6, 6.07) is 2.63. The fourth-order valence-electron chi connectivity index (χ4n) is 4.93. The van der Waals surface area contributed by atoms with E-state index in [1.54, 1.807) is 18.3 Å². The molecule has 1 unspecified atom stereocenters. The fourth-order valence-corrected chi connectivity index (χ4v) is 5.59. The molecule has 138 valence electrons. The van der Waals surface area contributed by atoms with Crippen molar-refractivity contribution < 1.29 is 4.79 Å². The number of thiophene rings is 1. The highest BCUT2D eigenvalue weighted by Gasteiger charge is 2.58. The van der Waals surface area contributed by atoms with E-state index in [9.17, 15) is 4.79 Å². The number of rotatable bonds is 5. The molecule has 1 aromatic rings. The zero-order valence-electron chi connectivity index (χ0n) is 15.4. The van der Waals surface area contributed by atoms with Crippen LogP contribution in [0.4, 0.5) is 0 Å². The van der Waals surface area contributed by atoms with Crippen molar-refractivity contribution in [3.05, 3.63) is 22.4 Å². The van der Waals surface area contributed by atoms with E-state index >= 15 is 0 Å². The van der Waals surface area contributed by atoms with Crippen LogP contribution in [0.3, 0.4) is 0 Å². The lowest BCUT2D eigenvalue weighted by Gasteiger charge is -2.37. The molecule has 4 nitrogen and oxygen atoms in total. The minimum Gasteiger partial charge on any atom is -0.335 e. The number of hydrogen-bond donors (Lipinski definition) is 1. The van der Waals surface area contributed by atoms with Crippen molar-refractivity contribution in [1.29, 1.82) is 0 Å². The van der Waals surface area contributed by atoms with Crippen LogP contribution in [0.5, 0.6) is 0 Å². The molecule has 1 atom stereocenters. The summed E-state index contributed by atoms with van der Waals surface area (Å²) >= 11 is 1.72. The van der Waals surface area contributed by atoms with Gasteiger partial charge in [-0.2, -0.15) is 11.3 Å². The van der Waals surface area contributed by atoms with Gasteiger partial charge < -0.3 is 15.1 Å². The molecule has 0 bridgehead atoms. The Labute approximate surface area is 155 Å². The van der Waals surface area contributed by atoms with Crippen molar-refractivity contribution in [1.82, 2.24) is 15.1 Å². The molecule has 1 amide bonds. The van der Waals surface area contributed by atoms with E-state index in [0.29, 0.717) is 11.5 Å². The Morgan fingerprint density at radius 3 is 2.76 bits per heavy atom. The van der Waals surface area contributed by atoms with E-state index in [4.69, 9.17) is 0 Å². The van der Waals surface area contributed by atoms with Gasteiger partial charge in [0.2, 0.25) is 5.91 Å². The SMILES string of the molecule is CC(=O)N(Cc1ccsc1)C1CC12CCN(CC1CCNCC1)CC2. The van der Waals surface area contributed by atoms with Crippen molar-refractivity contribution in [3.63, 3.8) is 0 Å². The fraction of sp³-hybridized carbons (Fsp3) is 0.750. The molecule has 0 aromatic carbocycles. The Morgan fingerprint density at radius 1 is 1.36 bits per heavy atom. The standard InChI is InChI=1S/C20H31N3OS/c1-16(24)23(14-18-4-11-25-15-18)19-12-20(19)5-9-22(10-6-20)13-17-2-7-21-8-3-17/h4,11,15,17,19,21H,2-3,5-10,12-14H2,1H3. The summed E-state index contributed by atoms with van der Waals surface area (Å²) in [7, 11) is 0. The minimum absolute atomic E-state index is 0.241. The Bertz CT molecular complexity index is 574. The molecule has 2 saturated heterocycles. The van der Waals surface area contributed by atoms with E-state index in [-0.39, 0.29) is 5.91 Å². The maximum absolute atomic E-state index is 12.2. The monoisotopic (exact) mass is 361 g/mol. The number of carbonyl (C=O) groups is 1. The Kier molecular flexibility index (Phi) is 5.16. The Hall–Kier alpha value is -0.910. The topological polar surface area (TPSA) is 35.6 Å². The summed E-state index contributed by atoms with van der Waals surface area (Å²) in [5.41, 5.74) is 1.71. The second-order valence-corrected chi connectivity index (χ2v) is 9.13. The molecule has 3 fully saturated rings. The summed E-state index contributed by atoms with van der Waals surface area (Å²) < 4.78 is 0. The third-order valence-corrected chi connectivity index (χ3v) is 7.42. The Morgan fingerprint density at radius 2 is 2.12 bits per heavy atom. The predicted molar refractivity (Wildman–Crippen MR) is 103 cm³/mol. The highest BCUT2D eigenvalue weighted by atomic mass is 32.1. The first-order valence-corrected chi connectivity index (χ1v) is 10.8. The van der Waals surface area contributed by atoms with Gasteiger partial charge in [0.25, 0.3) is 0 Å². The Balaban J connectivity index is 1.30. The van der Waals surface area contributed by atoms with Crippen LogP contribution in [0.25, 0.3) is 0 Å². The number of likely N-dealkylation sites (tertiary alicyclic amines) is 1. The van der Waals surface area contributed by atoms with Crippen LogP contribution in [-0.4, -0.2) is 54.5 Å². The molecular formula is C20H31N3OS. The van der Waals surface area contributed by atoms with Crippen LogP contribution in [0.15, 0.2) is 16.8 Å². The van der Waals surface area contributed by atoms with Crippen LogP contribution in [0, 0.1) is 11.3 Å². The van der Waals surface area contributed by atoms with E-state index in [1.165, 1.54) is 70.4 Å². The highest BCUT2D eigenvalue weighted by Crippen LogP contribution is 2.57. The van der Waals surface area contributed by atoms with Crippen LogP contribution < -0.4 is 5.32 Å². The van der Waals surface area contributed by atoms with Gasteiger partial charge in [0.15, 0.2) is 0 Å². The largest absolute Gasteiger partial charge is 0.335 e. The maximum atomic E-state index is 12.2. The molecule has 25 heavy (non-hydrogen) atoms. The quantitative estimate of drug-likeness (QED) is 0.876. The third kappa shape index (κ3) is 3.93. The van der Waals surface area contributed by atoms with Gasteiger partial charge in [0.1, 0.15) is 0 Å². The van der Waals surface area contributed by atoms with Crippen molar-refractivity contribution >= 4 is 17.2 Å². The molecule has 3 heterocycles. The number of amides is 1. The van der Waals surface area contributed by atoms with E-state index in [2.05, 4.69) is 31.9 Å². The maximum Gasteiger partial charge on any atom is 0.220 e. The predicted octanol–water partition coefficient (Wildman–Crippen LogP) is 2.95. The van der Waals surface area contributed by atoms with E-state index < -0.39 is 0 Å². The average molecular weight is 362 g/mol. The number of nitrogens with one attached hydrogen (secondary N) is 1. The number of hydrogen-bond acceptors (Lipinski definition) is 4. The molecule has 1 aliphatic carbocycles. The summed E-state index contributed by atoms with van der Waals surface area (Å²) in [5.74, 6) is 1.13. The van der Waals surface area contributed by atoms with Crippen molar-refractivity contribution in [2.75, 3.05) is 32.7 Å². The molecule has 1 saturated carbocycles. The summed E-state index contributed by atoms with van der Waals surface area (Å²) in [5, 5.41) is 7.75. The molecule has 3 aliphatic rings. The van der Waals surface area contributed by atoms with Crippen molar-refractivity contribution in [2.24, 2.45) is 11.3 Å². The highest BCUT2D eigenvalue weighted by molar-refractivity contribution is 7.07. The molecular weight excluding hydrogens is 330 g/mol. The van der Waals surface area contributed by atoms with Crippen molar-refractivity contribution in [3.8, 4) is 0 Å². The van der Waals surface area contributed by atoms with E-state index in [0.717, 1.165) is 12.5 Å². The smallest absolute Gasteiger partial charge is 0.220 e. The zero-order valence-corrected chi connectivity index (χ0v) is 16.2. The summed E-state index contributed by atoms with van der Waals surface area (Å²) in [4.78, 5) is 17.0. The number of carbonyl (C=O) groups excluding carboxylic acids is 1. The molecule has 4 rings (SSSR count). The summed E-state index contributed by atoms with van der Waals surface area (Å²) in [6.45, 7) is 8.67. The van der Waals surface area contributed by atoms with Gasteiger partial charge in [0.05, 0.1) is 0 Å². The first-order chi connectivity index (χ1) is 12.2. The second kappa shape index (κ2) is 7.37. The molecule has 1 spiro atoms. The third-order valence-electron chi connectivity index (χ3n) is 6.69. The van der Waals surface area contributed by atoms with Gasteiger partial charge in [-0.1, -0.05) is 0 Å².